The van der Waals surface area contributed by atoms with Gasteiger partial charge in [0.2, 0.25) is 5.91 Å². The van der Waals surface area contributed by atoms with Crippen molar-refractivity contribution < 1.29 is 18.9 Å². The van der Waals surface area contributed by atoms with Crippen LogP contribution in [0.1, 0.15) is 50.9 Å². The van der Waals surface area contributed by atoms with Gasteiger partial charge in [-0.1, -0.05) is 12.1 Å². The van der Waals surface area contributed by atoms with E-state index in [1.54, 1.807) is 0 Å². The lowest BCUT2D eigenvalue weighted by Gasteiger charge is -2.35. The zero-order valence-electron chi connectivity index (χ0n) is 17.2. The van der Waals surface area contributed by atoms with Gasteiger partial charge < -0.3 is 19.1 Å². The molecule has 2 heterocycles. The molecule has 1 aliphatic carbocycles. The molecule has 0 aromatic heterocycles. The molecule has 3 aliphatic rings. The number of hydrogen-bond acceptors (Lipinski definition) is 4. The molecule has 0 radical (unpaired) electrons. The first-order valence-electron chi connectivity index (χ1n) is 10.2. The molecule has 150 valence electrons. The fraction of sp³-hybridized carbons (Fsp3) is 0.619. The maximum atomic E-state index is 12.8. The van der Waals surface area contributed by atoms with Gasteiger partial charge in [-0.2, -0.15) is 0 Å². The molecule has 28 heavy (non-hydrogen) atoms. The van der Waals surface area contributed by atoms with E-state index in [9.17, 15) is 9.59 Å². The monoisotopic (exact) mass is 384 g/mol. The van der Waals surface area contributed by atoms with Crippen LogP contribution in [-0.4, -0.2) is 66.1 Å². The first-order valence-corrected chi connectivity index (χ1v) is 10.2. The molecule has 6 nitrogen and oxygen atoms in total. The van der Waals surface area contributed by atoms with Gasteiger partial charge in [-0.3, -0.25) is 9.59 Å². The first-order chi connectivity index (χ1) is 13.2. The van der Waals surface area contributed by atoms with Gasteiger partial charge in [-0.25, -0.2) is 0 Å². The van der Waals surface area contributed by atoms with Crippen molar-refractivity contribution in [2.75, 3.05) is 26.2 Å². The SMILES string of the molecule is CC1(C)OB(c2ccc(C(=O)N3CCN(C(=O)C4CC4)CC3)cc2)OC1(C)C. The van der Waals surface area contributed by atoms with Gasteiger partial charge in [0.15, 0.2) is 0 Å². The van der Waals surface area contributed by atoms with Crippen LogP contribution in [0.2, 0.25) is 0 Å². The van der Waals surface area contributed by atoms with Crippen LogP contribution in [0.25, 0.3) is 0 Å². The summed E-state index contributed by atoms with van der Waals surface area (Å²) in [4.78, 5) is 28.7. The summed E-state index contributed by atoms with van der Waals surface area (Å²) in [6.45, 7) is 10.6. The first kappa shape index (κ1) is 19.5. The number of carbonyl (C=O) groups is 2. The number of rotatable bonds is 3. The van der Waals surface area contributed by atoms with Crippen molar-refractivity contribution in [1.29, 1.82) is 0 Å². The van der Waals surface area contributed by atoms with Crippen molar-refractivity contribution >= 4 is 24.4 Å². The second-order valence-corrected chi connectivity index (χ2v) is 9.10. The molecule has 0 atom stereocenters. The summed E-state index contributed by atoms with van der Waals surface area (Å²) in [6, 6.07) is 7.49. The minimum absolute atomic E-state index is 0.0130. The third-order valence-electron chi connectivity index (χ3n) is 6.49. The summed E-state index contributed by atoms with van der Waals surface area (Å²) < 4.78 is 12.1. The number of hydrogen-bond donors (Lipinski definition) is 0. The van der Waals surface area contributed by atoms with E-state index in [0.717, 1.165) is 18.3 Å². The van der Waals surface area contributed by atoms with Crippen LogP contribution in [0.4, 0.5) is 0 Å². The number of amides is 2. The number of carbonyl (C=O) groups excluding carboxylic acids is 2. The predicted octanol–water partition coefficient (Wildman–Crippen LogP) is 1.68. The normalized spacial score (nSPS) is 23.8. The fourth-order valence-electron chi connectivity index (χ4n) is 3.66. The van der Waals surface area contributed by atoms with Gasteiger partial charge in [0.25, 0.3) is 5.91 Å². The lowest BCUT2D eigenvalue weighted by atomic mass is 9.79. The van der Waals surface area contributed by atoms with Gasteiger partial charge in [0, 0.05) is 37.7 Å². The van der Waals surface area contributed by atoms with Crippen molar-refractivity contribution in [2.24, 2.45) is 5.92 Å². The zero-order chi connectivity index (χ0) is 20.1. The van der Waals surface area contributed by atoms with Crippen LogP contribution < -0.4 is 5.46 Å². The lowest BCUT2D eigenvalue weighted by molar-refractivity contribution is -0.134. The van der Waals surface area contributed by atoms with Crippen LogP contribution in [0.3, 0.4) is 0 Å². The summed E-state index contributed by atoms with van der Waals surface area (Å²) >= 11 is 0. The highest BCUT2D eigenvalue weighted by molar-refractivity contribution is 6.62. The van der Waals surface area contributed by atoms with E-state index in [2.05, 4.69) is 0 Å². The van der Waals surface area contributed by atoms with Gasteiger partial charge in [0.05, 0.1) is 11.2 Å². The highest BCUT2D eigenvalue weighted by Crippen LogP contribution is 2.36. The summed E-state index contributed by atoms with van der Waals surface area (Å²) in [6.07, 6.45) is 2.04. The molecule has 2 aliphatic heterocycles. The Balaban J connectivity index is 1.36. The molecule has 0 spiro atoms. The molecule has 1 aromatic carbocycles. The molecule has 0 bridgehead atoms. The minimum Gasteiger partial charge on any atom is -0.399 e. The summed E-state index contributed by atoms with van der Waals surface area (Å²) in [5, 5.41) is 0. The topological polar surface area (TPSA) is 59.1 Å². The highest BCUT2D eigenvalue weighted by atomic mass is 16.7. The van der Waals surface area contributed by atoms with E-state index in [1.807, 2.05) is 61.8 Å². The number of nitrogens with zero attached hydrogens (tertiary/aromatic N) is 2. The van der Waals surface area contributed by atoms with E-state index >= 15 is 0 Å². The lowest BCUT2D eigenvalue weighted by Crippen LogP contribution is -2.51. The minimum atomic E-state index is -0.425. The number of piperazine rings is 1. The second-order valence-electron chi connectivity index (χ2n) is 9.10. The molecule has 4 rings (SSSR count). The zero-order valence-corrected chi connectivity index (χ0v) is 17.2. The smallest absolute Gasteiger partial charge is 0.399 e. The Kier molecular flexibility index (Phi) is 4.78. The molecular formula is C21H29BN2O4. The molecule has 7 heteroatoms. The van der Waals surface area contributed by atoms with E-state index in [4.69, 9.17) is 9.31 Å². The van der Waals surface area contributed by atoms with E-state index < -0.39 is 7.12 Å². The van der Waals surface area contributed by atoms with Crippen molar-refractivity contribution in [1.82, 2.24) is 9.80 Å². The second kappa shape index (κ2) is 6.88. The molecule has 2 amide bonds. The van der Waals surface area contributed by atoms with E-state index in [-0.39, 0.29) is 28.9 Å². The molecule has 1 aromatic rings. The Labute approximate surface area is 167 Å². The Morgan fingerprint density at radius 3 is 1.89 bits per heavy atom. The molecule has 0 N–H and O–H groups in total. The van der Waals surface area contributed by atoms with Crippen LogP contribution in [0.5, 0.6) is 0 Å². The quantitative estimate of drug-likeness (QED) is 0.745. The van der Waals surface area contributed by atoms with Gasteiger partial charge in [-0.05, 0) is 58.1 Å². The molecule has 3 fully saturated rings. The Bertz CT molecular complexity index is 749. The molecule has 2 saturated heterocycles. The number of benzene rings is 1. The average molecular weight is 384 g/mol. The van der Waals surface area contributed by atoms with Crippen molar-refractivity contribution in [3.05, 3.63) is 29.8 Å². The van der Waals surface area contributed by atoms with Gasteiger partial charge >= 0.3 is 7.12 Å². The fourth-order valence-corrected chi connectivity index (χ4v) is 3.66. The largest absolute Gasteiger partial charge is 0.494 e. The predicted molar refractivity (Wildman–Crippen MR) is 107 cm³/mol. The van der Waals surface area contributed by atoms with Crippen LogP contribution >= 0.6 is 0 Å². The Hall–Kier alpha value is -1.86. The van der Waals surface area contributed by atoms with Gasteiger partial charge in [0.1, 0.15) is 0 Å². The van der Waals surface area contributed by atoms with E-state index in [0.29, 0.717) is 31.7 Å². The van der Waals surface area contributed by atoms with Crippen LogP contribution in [-0.2, 0) is 14.1 Å². The summed E-state index contributed by atoms with van der Waals surface area (Å²) in [5.74, 6) is 0.516. The molecule has 1 saturated carbocycles. The maximum Gasteiger partial charge on any atom is 0.494 e. The molecule has 0 unspecified atom stereocenters. The van der Waals surface area contributed by atoms with Crippen molar-refractivity contribution in [3.8, 4) is 0 Å². The maximum absolute atomic E-state index is 12.8. The van der Waals surface area contributed by atoms with Crippen LogP contribution in [0, 0.1) is 5.92 Å². The Morgan fingerprint density at radius 2 is 1.39 bits per heavy atom. The van der Waals surface area contributed by atoms with Crippen molar-refractivity contribution in [3.63, 3.8) is 0 Å². The highest BCUT2D eigenvalue weighted by Gasteiger charge is 2.51. The summed E-state index contributed by atoms with van der Waals surface area (Å²) in [5.41, 5.74) is 0.797. The van der Waals surface area contributed by atoms with Gasteiger partial charge in [-0.15, -0.1) is 0 Å². The van der Waals surface area contributed by atoms with E-state index in [1.165, 1.54) is 0 Å². The standard InChI is InChI=1S/C21H29BN2O4/c1-20(2)21(3,4)28-22(27-20)17-9-7-16(8-10-17)19(26)24-13-11-23(12-14-24)18(25)15-5-6-15/h7-10,15H,5-6,11-14H2,1-4H3. The summed E-state index contributed by atoms with van der Waals surface area (Å²) in [7, 11) is -0.425. The van der Waals surface area contributed by atoms with Crippen LogP contribution in [0.15, 0.2) is 24.3 Å². The molecular weight excluding hydrogens is 355 g/mol. The Morgan fingerprint density at radius 1 is 0.893 bits per heavy atom. The third-order valence-corrected chi connectivity index (χ3v) is 6.49. The van der Waals surface area contributed by atoms with Crippen molar-refractivity contribution in [2.45, 2.75) is 51.7 Å². The average Bonchev–Trinajstić information content (AvgIpc) is 3.48. The third kappa shape index (κ3) is 3.58.